The van der Waals surface area contributed by atoms with Crippen LogP contribution < -0.4 is 0 Å². The van der Waals surface area contributed by atoms with E-state index in [2.05, 4.69) is 6.92 Å². The summed E-state index contributed by atoms with van der Waals surface area (Å²) in [5.74, 6) is -0.0769. The highest BCUT2D eigenvalue weighted by atomic mass is 16.1. The standard InChI is InChI=1S/C16H22O2/c1-8-9(2)11(4)16(14(7)18)15(10(8)3)12(5)13(6)17/h12H,1-7H3. The monoisotopic (exact) mass is 246 g/mol. The Morgan fingerprint density at radius 1 is 0.833 bits per heavy atom. The molecule has 1 aromatic rings. The third-order valence-corrected chi connectivity index (χ3v) is 4.13. The van der Waals surface area contributed by atoms with Crippen molar-refractivity contribution in [2.24, 2.45) is 0 Å². The second-order valence-electron chi connectivity index (χ2n) is 5.18. The maximum absolute atomic E-state index is 11.9. The number of rotatable bonds is 3. The minimum Gasteiger partial charge on any atom is -0.299 e. The predicted octanol–water partition coefficient (Wildman–Crippen LogP) is 3.82. The molecule has 0 N–H and O–H groups in total. The Bertz CT molecular complexity index is 525. The van der Waals surface area contributed by atoms with Gasteiger partial charge in [0.05, 0.1) is 0 Å². The first kappa shape index (κ1) is 14.6. The molecule has 0 bridgehead atoms. The second-order valence-corrected chi connectivity index (χ2v) is 5.18. The fourth-order valence-corrected chi connectivity index (χ4v) is 2.54. The normalized spacial score (nSPS) is 12.4. The molecule has 2 heteroatoms. The lowest BCUT2D eigenvalue weighted by Gasteiger charge is -2.22. The fourth-order valence-electron chi connectivity index (χ4n) is 2.54. The molecule has 0 amide bonds. The van der Waals surface area contributed by atoms with Gasteiger partial charge >= 0.3 is 0 Å². The Kier molecular flexibility index (Phi) is 4.10. The van der Waals surface area contributed by atoms with Crippen molar-refractivity contribution in [3.8, 4) is 0 Å². The van der Waals surface area contributed by atoms with Crippen molar-refractivity contribution in [1.82, 2.24) is 0 Å². The average Bonchev–Trinajstić information content (AvgIpc) is 2.29. The van der Waals surface area contributed by atoms with Crippen LogP contribution in [0.5, 0.6) is 0 Å². The van der Waals surface area contributed by atoms with Crippen LogP contribution in [-0.4, -0.2) is 11.6 Å². The Morgan fingerprint density at radius 2 is 1.28 bits per heavy atom. The summed E-state index contributed by atoms with van der Waals surface area (Å²) < 4.78 is 0. The van der Waals surface area contributed by atoms with Gasteiger partial charge in [-0.05, 0) is 69.4 Å². The summed E-state index contributed by atoms with van der Waals surface area (Å²) in [7, 11) is 0. The van der Waals surface area contributed by atoms with E-state index in [9.17, 15) is 9.59 Å². The summed E-state index contributed by atoms with van der Waals surface area (Å²) in [6.45, 7) is 13.1. The minimum absolute atomic E-state index is 0.0433. The van der Waals surface area contributed by atoms with Crippen LogP contribution >= 0.6 is 0 Å². The van der Waals surface area contributed by atoms with Crippen molar-refractivity contribution in [1.29, 1.82) is 0 Å². The topological polar surface area (TPSA) is 34.1 Å². The minimum atomic E-state index is -0.220. The van der Waals surface area contributed by atoms with Gasteiger partial charge in [0.2, 0.25) is 0 Å². The van der Waals surface area contributed by atoms with Crippen molar-refractivity contribution in [3.05, 3.63) is 33.4 Å². The molecule has 0 radical (unpaired) electrons. The highest BCUT2D eigenvalue weighted by molar-refractivity contribution is 6.00. The molecule has 1 unspecified atom stereocenters. The zero-order valence-electron chi connectivity index (χ0n) is 12.4. The molecule has 0 fully saturated rings. The second kappa shape index (κ2) is 5.05. The summed E-state index contributed by atoms with van der Waals surface area (Å²) in [5, 5.41) is 0. The van der Waals surface area contributed by atoms with E-state index in [0.717, 1.165) is 27.8 Å². The predicted molar refractivity (Wildman–Crippen MR) is 74.5 cm³/mol. The van der Waals surface area contributed by atoms with Crippen LogP contribution in [0.25, 0.3) is 0 Å². The van der Waals surface area contributed by atoms with Crippen LogP contribution in [0.15, 0.2) is 0 Å². The smallest absolute Gasteiger partial charge is 0.160 e. The molecular formula is C16H22O2. The Labute approximate surface area is 109 Å². The van der Waals surface area contributed by atoms with Crippen LogP contribution in [0.2, 0.25) is 0 Å². The van der Waals surface area contributed by atoms with Crippen LogP contribution in [0.4, 0.5) is 0 Å². The summed E-state index contributed by atoms with van der Waals surface area (Å²) >= 11 is 0. The number of hydrogen-bond donors (Lipinski definition) is 0. The van der Waals surface area contributed by atoms with Gasteiger partial charge in [0.1, 0.15) is 5.78 Å². The number of Topliss-reactive ketones (excluding diaryl/α,β-unsaturated/α-hetero) is 2. The third-order valence-electron chi connectivity index (χ3n) is 4.13. The molecule has 1 atom stereocenters. The molecule has 0 spiro atoms. The molecule has 0 aliphatic rings. The SMILES string of the molecule is CC(=O)c1c(C)c(C)c(C)c(C)c1C(C)C(C)=O. The van der Waals surface area contributed by atoms with Gasteiger partial charge in [-0.3, -0.25) is 9.59 Å². The lowest BCUT2D eigenvalue weighted by atomic mass is 9.81. The number of ketones is 2. The van der Waals surface area contributed by atoms with Crippen LogP contribution in [0.1, 0.15) is 64.9 Å². The van der Waals surface area contributed by atoms with Crippen molar-refractivity contribution in [2.45, 2.75) is 54.4 Å². The van der Waals surface area contributed by atoms with Gasteiger partial charge in [0.15, 0.2) is 5.78 Å². The van der Waals surface area contributed by atoms with E-state index in [1.165, 1.54) is 5.56 Å². The molecule has 0 aromatic heterocycles. The van der Waals surface area contributed by atoms with Gasteiger partial charge in [0.25, 0.3) is 0 Å². The van der Waals surface area contributed by atoms with Gasteiger partial charge in [-0.2, -0.15) is 0 Å². The lowest BCUT2D eigenvalue weighted by Crippen LogP contribution is -2.15. The molecule has 0 aliphatic carbocycles. The maximum atomic E-state index is 11.9. The first-order chi connectivity index (χ1) is 8.20. The third kappa shape index (κ3) is 2.24. The van der Waals surface area contributed by atoms with Gasteiger partial charge in [0, 0.05) is 11.5 Å². The first-order valence-corrected chi connectivity index (χ1v) is 6.31. The quantitative estimate of drug-likeness (QED) is 0.760. The van der Waals surface area contributed by atoms with Crippen LogP contribution in [0, 0.1) is 27.7 Å². The first-order valence-electron chi connectivity index (χ1n) is 6.31. The Balaban J connectivity index is 3.77. The largest absolute Gasteiger partial charge is 0.299 e. The molecule has 2 nitrogen and oxygen atoms in total. The average molecular weight is 246 g/mol. The molecule has 18 heavy (non-hydrogen) atoms. The van der Waals surface area contributed by atoms with Gasteiger partial charge in [-0.25, -0.2) is 0 Å². The van der Waals surface area contributed by atoms with Gasteiger partial charge in [-0.15, -0.1) is 0 Å². The van der Waals surface area contributed by atoms with Crippen molar-refractivity contribution in [3.63, 3.8) is 0 Å². The van der Waals surface area contributed by atoms with Crippen molar-refractivity contribution in [2.75, 3.05) is 0 Å². The van der Waals surface area contributed by atoms with E-state index < -0.39 is 0 Å². The highest BCUT2D eigenvalue weighted by Crippen LogP contribution is 2.32. The molecule has 1 aromatic carbocycles. The Hall–Kier alpha value is -1.44. The van der Waals surface area contributed by atoms with Gasteiger partial charge < -0.3 is 0 Å². The highest BCUT2D eigenvalue weighted by Gasteiger charge is 2.24. The number of carbonyl (C=O) groups is 2. The number of carbonyl (C=O) groups excluding carboxylic acids is 2. The summed E-state index contributed by atoms with van der Waals surface area (Å²) in [5.41, 5.74) is 6.06. The molecule has 0 heterocycles. The molecule has 98 valence electrons. The van der Waals surface area contributed by atoms with Crippen LogP contribution in [0.3, 0.4) is 0 Å². The van der Waals surface area contributed by atoms with Crippen molar-refractivity contribution >= 4 is 11.6 Å². The molecule has 0 saturated carbocycles. The molecular weight excluding hydrogens is 224 g/mol. The summed E-state index contributed by atoms with van der Waals surface area (Å²) in [6.07, 6.45) is 0. The van der Waals surface area contributed by atoms with E-state index in [1.54, 1.807) is 13.8 Å². The maximum Gasteiger partial charge on any atom is 0.160 e. The molecule has 1 rings (SSSR count). The number of benzene rings is 1. The lowest BCUT2D eigenvalue weighted by molar-refractivity contribution is -0.118. The Morgan fingerprint density at radius 3 is 1.67 bits per heavy atom. The van der Waals surface area contributed by atoms with Crippen LogP contribution in [-0.2, 0) is 4.79 Å². The van der Waals surface area contributed by atoms with E-state index in [-0.39, 0.29) is 17.5 Å². The summed E-state index contributed by atoms with van der Waals surface area (Å²) in [4.78, 5) is 23.6. The van der Waals surface area contributed by atoms with Crippen molar-refractivity contribution < 1.29 is 9.59 Å². The van der Waals surface area contributed by atoms with E-state index >= 15 is 0 Å². The van der Waals surface area contributed by atoms with E-state index in [0.29, 0.717) is 0 Å². The molecule has 0 saturated heterocycles. The van der Waals surface area contributed by atoms with E-state index in [4.69, 9.17) is 0 Å². The fraction of sp³-hybridized carbons (Fsp3) is 0.500. The zero-order valence-corrected chi connectivity index (χ0v) is 12.4. The molecule has 0 aliphatic heterocycles. The zero-order chi connectivity index (χ0) is 14.2. The number of hydrogen-bond acceptors (Lipinski definition) is 2. The summed E-state index contributed by atoms with van der Waals surface area (Å²) in [6, 6.07) is 0. The van der Waals surface area contributed by atoms with Gasteiger partial charge in [-0.1, -0.05) is 6.92 Å². The van der Waals surface area contributed by atoms with E-state index in [1.807, 2.05) is 27.7 Å².